The molecule has 15 N–H and O–H groups in total. The summed E-state index contributed by atoms with van der Waals surface area (Å²) >= 11 is 15.2. The lowest BCUT2D eigenvalue weighted by Crippen LogP contribution is -2.43. The van der Waals surface area contributed by atoms with Gasteiger partial charge in [0.15, 0.2) is 0 Å². The molecule has 0 radical (unpaired) electrons. The molecule has 722 valence electrons. The lowest BCUT2D eigenvalue weighted by Gasteiger charge is -2.33. The van der Waals surface area contributed by atoms with Crippen LogP contribution >= 0.6 is 63.0 Å². The molecule has 5 saturated heterocycles. The van der Waals surface area contributed by atoms with E-state index in [4.69, 9.17) is 80.2 Å². The molecule has 5 aromatic rings. The van der Waals surface area contributed by atoms with E-state index in [0.717, 1.165) is 158 Å². The van der Waals surface area contributed by atoms with E-state index >= 15 is 0 Å². The normalized spacial score (nSPS) is 15.2. The van der Waals surface area contributed by atoms with Crippen LogP contribution in [0.2, 0.25) is 0 Å². The number of aliphatic carboxylic acids is 1. The average Bonchev–Trinajstić information content (AvgIpc) is 1.62. The number of aryl methyl sites for hydroxylation is 3. The number of ether oxygens (including phenoxy) is 4. The van der Waals surface area contributed by atoms with Gasteiger partial charge >= 0.3 is 30.3 Å². The fourth-order valence-electron chi connectivity index (χ4n) is 14.6. The second-order valence-corrected chi connectivity index (χ2v) is 40.1. The number of likely N-dealkylation sites (tertiary alicyclic amines) is 4. The van der Waals surface area contributed by atoms with Gasteiger partial charge in [-0.1, -0.05) is 94.2 Å². The number of carbonyl (C=O) groups is 11. The molecule has 10 rings (SSSR count). The number of alkyl halides is 1. The summed E-state index contributed by atoms with van der Waals surface area (Å²) in [5.41, 5.74) is 38.9. The summed E-state index contributed by atoms with van der Waals surface area (Å²) in [6, 6.07) is 10.4. The van der Waals surface area contributed by atoms with E-state index in [9.17, 15) is 58.0 Å². The number of carboxylic acids is 1. The van der Waals surface area contributed by atoms with Crippen molar-refractivity contribution in [3.63, 3.8) is 0 Å². The number of carbonyl (C=O) groups excluding carboxylic acids is 10. The van der Waals surface area contributed by atoms with Crippen LogP contribution in [0.3, 0.4) is 0 Å². The molecule has 32 nitrogen and oxygen atoms in total. The number of hydrogen-bond acceptors (Lipinski definition) is 26. The van der Waals surface area contributed by atoms with Crippen LogP contribution in [0.5, 0.6) is 0 Å². The summed E-state index contributed by atoms with van der Waals surface area (Å²) in [5, 5.41) is 31.4. The smallest absolute Gasteiger partial charge is 0.410 e. The number of H-pyrrole nitrogens is 1. The molecule has 5 fully saturated rings. The Labute approximate surface area is 794 Å². The SMILES string of the molecule is CC(C)(C)OC(=O)N1CCC(C(=O)O)CC1.CCCC(=O)CC(=O)C1CCN(C(=O)OC(C)(C)C)CC1.CCCC(C)=O.CCCc1cc(C2CCN(C(=O)OC(C)(C)C)CC2)[nH]c(=S)c1C#N.CCCc1cc(C2CCN(C(=O)OC(C)(C)C)CC2)nc2sc(C(N)=O)c(N)c12.CCCc1cc(C2CCNCC2)nc2sc(C(N)=O)c(N)c12.N#CCC(N)=S.NC(=O)CBr. The van der Waals surface area contributed by atoms with Crippen molar-refractivity contribution >= 4 is 165 Å². The number of carboxylic acid groups (broad SMARTS) is 1. The van der Waals surface area contributed by atoms with Gasteiger partial charge in [0, 0.05) is 117 Å². The Morgan fingerprint density at radius 2 is 0.877 bits per heavy atom. The molecule has 5 aliphatic heterocycles. The largest absolute Gasteiger partial charge is 0.481 e. The molecule has 130 heavy (non-hydrogen) atoms. The number of nitrogens with one attached hydrogen (secondary N) is 2. The molecule has 0 saturated carbocycles. The molecule has 7 amide bonds. The minimum Gasteiger partial charge on any atom is -0.481 e. The van der Waals surface area contributed by atoms with Gasteiger partial charge in [0.2, 0.25) is 5.91 Å². The number of hydrogen-bond donors (Lipinski definition) is 9. The van der Waals surface area contributed by atoms with E-state index < -0.39 is 40.2 Å². The number of halogens is 1. The van der Waals surface area contributed by atoms with E-state index in [-0.39, 0.29) is 88.5 Å². The standard InChI is InChI=1S/C21H30N4O3S.C19H27N3O2S.C16H22N4OS.C16H27NO4.C11H19NO4.C5H10O.C3H4N2S.C2H4BrNO/c1-5-6-13-11-14(24-19-15(13)16(22)17(29-19)18(23)26)12-7-9-25(10-8-12)20(27)28-21(2,3)4;1-5-6-14-11-16(21-17(25)15(14)12-20)13-7-9-22(10-8-13)18(23)24-19(2,3)4;1-2-3-10-8-11(9-4-6-19-7-5-9)20-16-12(10)13(17)14(22-16)15(18)21;1-5-6-13(18)11-14(19)12-7-9-17(10-8-12)15(20)21-16(2,3)4;1-11(2,3)16-10(15)12-6-4-8(5-7-12)9(13)14;1-3-4-5(2)6;4-2-1-3(5)6;3-1-2(4)5/h11-12H,5-10,22H2,1-4H3,(H2,23,26);11,13H,5-10H2,1-4H3,(H,21,25);8-9,19H,2-7,17H2,1H3,(H2,18,21);12H,5-11H2,1-4H3;8H,4-7H2,1-3H3,(H,13,14);3-4H2,1-2H3;1H2,(H2,5,6);1H2,(H2,4,5). The van der Waals surface area contributed by atoms with E-state index in [2.05, 4.69) is 89.2 Å². The molecule has 0 aliphatic carbocycles. The summed E-state index contributed by atoms with van der Waals surface area (Å²) in [6.07, 6.45) is 15.5. The van der Waals surface area contributed by atoms with Crippen molar-refractivity contribution in [2.45, 2.75) is 306 Å². The highest BCUT2D eigenvalue weighted by atomic mass is 79.9. The summed E-state index contributed by atoms with van der Waals surface area (Å²) in [7, 11) is 0. The number of anilines is 2. The van der Waals surface area contributed by atoms with Gasteiger partial charge in [-0.3, -0.25) is 28.8 Å². The first-order chi connectivity index (χ1) is 60.8. The van der Waals surface area contributed by atoms with Crippen LogP contribution < -0.4 is 39.7 Å². The number of thiocarbonyl (C=S) groups is 1. The number of Topliss-reactive ketones (excluding diaryl/α,β-unsaturated/α-hetero) is 3. The molecule has 5 aromatic heterocycles. The van der Waals surface area contributed by atoms with Crippen LogP contribution in [-0.2, 0) is 62.2 Å². The highest BCUT2D eigenvalue weighted by Gasteiger charge is 2.35. The van der Waals surface area contributed by atoms with Crippen molar-refractivity contribution in [1.29, 1.82) is 10.5 Å². The highest BCUT2D eigenvalue weighted by molar-refractivity contribution is 9.09. The second kappa shape index (κ2) is 55.7. The third kappa shape index (κ3) is 40.7. The third-order valence-corrected chi connectivity index (χ3v) is 24.0. The average molecular weight is 1950 g/mol. The maximum absolute atomic E-state index is 12.3. The number of primary amides is 3. The molecule has 0 atom stereocenters. The van der Waals surface area contributed by atoms with Crippen LogP contribution in [0, 0.1) is 39.1 Å². The Hall–Kier alpha value is -9.53. The Balaban J connectivity index is 0.000000403. The third-order valence-electron chi connectivity index (χ3n) is 20.7. The summed E-state index contributed by atoms with van der Waals surface area (Å²) < 4.78 is 22.0. The maximum Gasteiger partial charge on any atom is 0.410 e. The van der Waals surface area contributed by atoms with Gasteiger partial charge in [0.25, 0.3) is 11.8 Å². The summed E-state index contributed by atoms with van der Waals surface area (Å²) in [4.78, 5) is 148. The number of nitriles is 2. The van der Waals surface area contributed by atoms with Crippen molar-refractivity contribution in [1.82, 2.24) is 39.9 Å². The Morgan fingerprint density at radius 1 is 0.531 bits per heavy atom. The molecule has 37 heteroatoms. The number of aromatic nitrogens is 3. The number of ketones is 3. The number of fused-ring (bicyclic) bond motifs is 2. The number of rotatable bonds is 21. The van der Waals surface area contributed by atoms with Gasteiger partial charge in [-0.05, 0) is 234 Å². The number of amides is 7. The van der Waals surface area contributed by atoms with E-state index in [1.807, 2.05) is 96.9 Å². The van der Waals surface area contributed by atoms with Gasteiger partial charge in [0.05, 0.1) is 52.1 Å². The van der Waals surface area contributed by atoms with Crippen molar-refractivity contribution in [2.24, 2.45) is 34.8 Å². The van der Waals surface area contributed by atoms with E-state index in [0.29, 0.717) is 128 Å². The minimum absolute atomic E-state index is 0.0251. The number of aromatic amines is 1. The fraction of sp³-hybridized carbons (Fsp3) is 0.645. The molecule has 0 bridgehead atoms. The van der Waals surface area contributed by atoms with Gasteiger partial charge in [-0.15, -0.1) is 22.7 Å². The zero-order valence-electron chi connectivity index (χ0n) is 79.6. The topological polar surface area (TPSA) is 515 Å². The Kier molecular flexibility index (Phi) is 49.1. The van der Waals surface area contributed by atoms with Crippen molar-refractivity contribution in [3.05, 3.63) is 71.9 Å². The van der Waals surface area contributed by atoms with Crippen LogP contribution in [0.1, 0.15) is 323 Å². The second-order valence-electron chi connectivity index (χ2n) is 36.6. The zero-order valence-corrected chi connectivity index (χ0v) is 84.4. The highest BCUT2D eigenvalue weighted by Crippen LogP contribution is 2.41. The Morgan fingerprint density at radius 3 is 1.17 bits per heavy atom. The lowest BCUT2D eigenvalue weighted by molar-refractivity contribution is -0.143. The predicted molar refractivity (Wildman–Crippen MR) is 522 cm³/mol. The Bertz CT molecular complexity index is 4760. The van der Waals surface area contributed by atoms with Crippen molar-refractivity contribution < 1.29 is 76.8 Å². The van der Waals surface area contributed by atoms with Gasteiger partial charge < -0.3 is 93.2 Å². The number of nitrogens with two attached hydrogens (primary N) is 6. The molecular weight excluding hydrogens is 1810 g/mol. The van der Waals surface area contributed by atoms with Crippen LogP contribution in [0.15, 0.2) is 18.2 Å². The van der Waals surface area contributed by atoms with E-state index in [1.54, 1.807) is 32.6 Å². The molecule has 0 aromatic carbocycles. The number of pyridine rings is 3. The number of nitrogen functional groups attached to an aromatic ring is 2. The quantitative estimate of drug-likeness (QED) is 0.0143. The summed E-state index contributed by atoms with van der Waals surface area (Å²) in [6.45, 7) is 40.8. The number of nitrogens with zero attached hydrogens (tertiary/aromatic N) is 8. The van der Waals surface area contributed by atoms with Crippen molar-refractivity contribution in [2.75, 3.05) is 82.2 Å². The lowest BCUT2D eigenvalue weighted by atomic mass is 9.90. The molecule has 0 unspecified atom stereocenters. The van der Waals surface area contributed by atoms with Gasteiger partial charge in [-0.25, -0.2) is 29.1 Å². The number of piperidine rings is 5. The maximum atomic E-state index is 12.3. The molecule has 10 heterocycles. The van der Waals surface area contributed by atoms with E-state index in [1.165, 1.54) is 28.2 Å². The minimum atomic E-state index is -0.774. The molecular formula is C93H143BrN16O16S4. The first-order valence-corrected chi connectivity index (χ1v) is 48.4. The van der Waals surface area contributed by atoms with Crippen LogP contribution in [0.4, 0.5) is 30.6 Å². The number of thiophene rings is 2. The molecule has 0 spiro atoms. The van der Waals surface area contributed by atoms with Gasteiger partial charge in [-0.2, -0.15) is 10.5 Å². The van der Waals surface area contributed by atoms with Crippen LogP contribution in [0.25, 0.3) is 20.4 Å². The van der Waals surface area contributed by atoms with Crippen molar-refractivity contribution in [3.8, 4) is 12.1 Å². The monoisotopic (exact) mass is 1950 g/mol. The summed E-state index contributed by atoms with van der Waals surface area (Å²) in [5.74, 6) is -1.09. The fourth-order valence-corrected chi connectivity index (χ4v) is 16.9. The first-order valence-electron chi connectivity index (χ1n) is 44.9. The first kappa shape index (κ1) is 115. The van der Waals surface area contributed by atoms with Gasteiger partial charge in [0.1, 0.15) is 69.9 Å². The molecule has 5 aliphatic rings. The zero-order chi connectivity index (χ0) is 98.3. The van der Waals surface area contributed by atoms with Crippen LogP contribution in [-0.4, -0.2) is 203 Å². The predicted octanol–water partition coefficient (Wildman–Crippen LogP) is 17.2.